The van der Waals surface area contributed by atoms with Crippen molar-refractivity contribution in [2.24, 2.45) is 7.05 Å². The third-order valence-electron chi connectivity index (χ3n) is 2.55. The van der Waals surface area contributed by atoms with E-state index in [1.807, 2.05) is 11.6 Å². The number of aryl methyl sites for hydroxylation is 1. The van der Waals surface area contributed by atoms with Crippen molar-refractivity contribution in [3.05, 3.63) is 29.6 Å². The van der Waals surface area contributed by atoms with Crippen LogP contribution in [0.1, 0.15) is 21.9 Å². The standard InChI is InChI=1S/C10H13N5O3/c1-14-6-11-3-7(14)4-15-8(5-18-2)9(10(16)17)12-13-15/h3,6H,4-5H2,1-2H3,(H,16,17). The Morgan fingerprint density at radius 2 is 2.33 bits per heavy atom. The number of methoxy groups -OCH3 is 1. The van der Waals surface area contributed by atoms with Crippen LogP contribution < -0.4 is 0 Å². The average molecular weight is 251 g/mol. The number of rotatable bonds is 5. The summed E-state index contributed by atoms with van der Waals surface area (Å²) in [5, 5.41) is 16.5. The van der Waals surface area contributed by atoms with Crippen molar-refractivity contribution in [1.29, 1.82) is 0 Å². The van der Waals surface area contributed by atoms with Crippen LogP contribution in [0, 0.1) is 0 Å². The Hall–Kier alpha value is -2.22. The first-order valence-electron chi connectivity index (χ1n) is 5.23. The molecule has 96 valence electrons. The molecule has 2 aromatic heterocycles. The molecule has 2 aromatic rings. The molecular formula is C10H13N5O3. The van der Waals surface area contributed by atoms with E-state index in [0.29, 0.717) is 12.2 Å². The number of hydrogen-bond donors (Lipinski definition) is 1. The van der Waals surface area contributed by atoms with Gasteiger partial charge in [-0.3, -0.25) is 0 Å². The molecule has 18 heavy (non-hydrogen) atoms. The van der Waals surface area contributed by atoms with Gasteiger partial charge in [-0.1, -0.05) is 5.21 Å². The van der Waals surface area contributed by atoms with E-state index in [1.54, 1.807) is 12.5 Å². The number of nitrogens with zero attached hydrogens (tertiary/aromatic N) is 5. The number of carbonyl (C=O) groups is 1. The van der Waals surface area contributed by atoms with Gasteiger partial charge < -0.3 is 14.4 Å². The number of aromatic nitrogens is 5. The highest BCUT2D eigenvalue weighted by Crippen LogP contribution is 2.09. The number of carboxylic acid groups (broad SMARTS) is 1. The van der Waals surface area contributed by atoms with Gasteiger partial charge >= 0.3 is 5.97 Å². The first-order valence-corrected chi connectivity index (χ1v) is 5.23. The molecule has 0 aliphatic heterocycles. The van der Waals surface area contributed by atoms with Crippen molar-refractivity contribution in [2.45, 2.75) is 13.2 Å². The van der Waals surface area contributed by atoms with Crippen LogP contribution in [-0.4, -0.2) is 42.7 Å². The van der Waals surface area contributed by atoms with Gasteiger partial charge in [-0.25, -0.2) is 14.5 Å². The van der Waals surface area contributed by atoms with Crippen LogP contribution in [0.5, 0.6) is 0 Å². The molecule has 0 radical (unpaired) electrons. The van der Waals surface area contributed by atoms with E-state index in [-0.39, 0.29) is 12.3 Å². The van der Waals surface area contributed by atoms with E-state index in [4.69, 9.17) is 9.84 Å². The average Bonchev–Trinajstić information content (AvgIpc) is 2.89. The molecule has 8 heteroatoms. The molecule has 0 spiro atoms. The smallest absolute Gasteiger partial charge is 0.358 e. The molecule has 0 saturated heterocycles. The minimum atomic E-state index is -1.11. The van der Waals surface area contributed by atoms with Gasteiger partial charge in [-0.05, 0) is 0 Å². The first-order chi connectivity index (χ1) is 8.63. The lowest BCUT2D eigenvalue weighted by atomic mass is 10.3. The molecule has 0 saturated carbocycles. The zero-order valence-electron chi connectivity index (χ0n) is 10.1. The maximum Gasteiger partial charge on any atom is 0.358 e. The van der Waals surface area contributed by atoms with E-state index >= 15 is 0 Å². The Kier molecular flexibility index (Phi) is 3.38. The molecule has 1 N–H and O–H groups in total. The molecule has 0 fully saturated rings. The summed E-state index contributed by atoms with van der Waals surface area (Å²) in [5.41, 5.74) is 1.25. The molecule has 0 atom stereocenters. The highest BCUT2D eigenvalue weighted by molar-refractivity contribution is 5.86. The van der Waals surface area contributed by atoms with E-state index < -0.39 is 5.97 Å². The second-order valence-electron chi connectivity index (χ2n) is 3.78. The monoisotopic (exact) mass is 251 g/mol. The highest BCUT2D eigenvalue weighted by atomic mass is 16.5. The van der Waals surface area contributed by atoms with Gasteiger partial charge in [0.05, 0.1) is 37.1 Å². The van der Waals surface area contributed by atoms with Crippen molar-refractivity contribution < 1.29 is 14.6 Å². The van der Waals surface area contributed by atoms with Gasteiger partial charge in [-0.2, -0.15) is 0 Å². The number of hydrogen-bond acceptors (Lipinski definition) is 5. The van der Waals surface area contributed by atoms with Gasteiger partial charge in [-0.15, -0.1) is 5.10 Å². The van der Waals surface area contributed by atoms with Crippen molar-refractivity contribution in [3.63, 3.8) is 0 Å². The SMILES string of the molecule is COCc1c(C(=O)O)nnn1Cc1cncn1C. The summed E-state index contributed by atoms with van der Waals surface area (Å²) in [6, 6.07) is 0. The molecule has 0 aromatic carbocycles. The predicted octanol–water partition coefficient (Wildman–Crippen LogP) is -0.0955. The fourth-order valence-corrected chi connectivity index (χ4v) is 1.60. The fourth-order valence-electron chi connectivity index (χ4n) is 1.60. The van der Waals surface area contributed by atoms with Gasteiger partial charge in [0.1, 0.15) is 0 Å². The second-order valence-corrected chi connectivity index (χ2v) is 3.78. The van der Waals surface area contributed by atoms with Crippen molar-refractivity contribution in [2.75, 3.05) is 7.11 Å². The van der Waals surface area contributed by atoms with Crippen molar-refractivity contribution in [1.82, 2.24) is 24.5 Å². The second kappa shape index (κ2) is 4.96. The Bertz CT molecular complexity index is 560. The largest absolute Gasteiger partial charge is 0.476 e. The molecule has 0 aliphatic rings. The van der Waals surface area contributed by atoms with Gasteiger partial charge in [0.25, 0.3) is 0 Å². The Morgan fingerprint density at radius 1 is 1.56 bits per heavy atom. The summed E-state index contributed by atoms with van der Waals surface area (Å²) < 4.78 is 8.32. The van der Waals surface area contributed by atoms with Crippen LogP contribution in [0.3, 0.4) is 0 Å². The fraction of sp³-hybridized carbons (Fsp3) is 0.400. The molecule has 2 rings (SSSR count). The van der Waals surface area contributed by atoms with E-state index in [1.165, 1.54) is 11.8 Å². The van der Waals surface area contributed by atoms with Crippen LogP contribution in [0.15, 0.2) is 12.5 Å². The molecule has 2 heterocycles. The van der Waals surface area contributed by atoms with E-state index in [2.05, 4.69) is 15.3 Å². The van der Waals surface area contributed by atoms with Crippen LogP contribution >= 0.6 is 0 Å². The van der Waals surface area contributed by atoms with Crippen LogP contribution in [0.25, 0.3) is 0 Å². The van der Waals surface area contributed by atoms with Crippen LogP contribution in [0.2, 0.25) is 0 Å². The number of imidazole rings is 1. The maximum absolute atomic E-state index is 11.0. The lowest BCUT2D eigenvalue weighted by Gasteiger charge is -2.06. The van der Waals surface area contributed by atoms with Gasteiger partial charge in [0.2, 0.25) is 0 Å². The summed E-state index contributed by atoms with van der Waals surface area (Å²) in [5.74, 6) is -1.11. The Morgan fingerprint density at radius 3 is 2.89 bits per heavy atom. The summed E-state index contributed by atoms with van der Waals surface area (Å²) in [4.78, 5) is 15.0. The Balaban J connectivity index is 2.33. The highest BCUT2D eigenvalue weighted by Gasteiger charge is 2.19. The number of aromatic carboxylic acids is 1. The van der Waals surface area contributed by atoms with Crippen molar-refractivity contribution >= 4 is 5.97 Å². The first kappa shape index (κ1) is 12.2. The van der Waals surface area contributed by atoms with Crippen LogP contribution in [0.4, 0.5) is 0 Å². The van der Waals surface area contributed by atoms with E-state index in [9.17, 15) is 4.79 Å². The third kappa shape index (κ3) is 2.23. The molecular weight excluding hydrogens is 238 g/mol. The summed E-state index contributed by atoms with van der Waals surface area (Å²) in [6.07, 6.45) is 3.36. The molecule has 8 nitrogen and oxygen atoms in total. The molecule has 0 aliphatic carbocycles. The van der Waals surface area contributed by atoms with Crippen LogP contribution in [-0.2, 0) is 24.9 Å². The quantitative estimate of drug-likeness (QED) is 0.797. The number of ether oxygens (including phenoxy) is 1. The molecule has 0 unspecified atom stereocenters. The molecule has 0 bridgehead atoms. The normalized spacial score (nSPS) is 10.8. The zero-order valence-corrected chi connectivity index (χ0v) is 10.1. The summed E-state index contributed by atoms with van der Waals surface area (Å²) >= 11 is 0. The topological polar surface area (TPSA) is 95.1 Å². The van der Waals surface area contributed by atoms with E-state index in [0.717, 1.165) is 5.69 Å². The molecule has 0 amide bonds. The summed E-state index contributed by atoms with van der Waals surface area (Å²) in [6.45, 7) is 0.544. The Labute approximate surface area is 103 Å². The minimum Gasteiger partial charge on any atom is -0.476 e. The van der Waals surface area contributed by atoms with Gasteiger partial charge in [0.15, 0.2) is 5.69 Å². The van der Waals surface area contributed by atoms with Gasteiger partial charge in [0, 0.05) is 14.2 Å². The maximum atomic E-state index is 11.0. The number of carboxylic acids is 1. The summed E-state index contributed by atoms with van der Waals surface area (Å²) in [7, 11) is 3.35. The zero-order chi connectivity index (χ0) is 13.1. The third-order valence-corrected chi connectivity index (χ3v) is 2.55. The minimum absolute atomic E-state index is 0.0842. The predicted molar refractivity (Wildman–Crippen MR) is 60.0 cm³/mol. The lowest BCUT2D eigenvalue weighted by molar-refractivity contribution is 0.0684. The lowest BCUT2D eigenvalue weighted by Crippen LogP contribution is -2.12. The van der Waals surface area contributed by atoms with Crippen molar-refractivity contribution in [3.8, 4) is 0 Å².